The van der Waals surface area contributed by atoms with Crippen LogP contribution in [0.1, 0.15) is 34.3 Å². The molecule has 1 spiro atoms. The van der Waals surface area contributed by atoms with E-state index in [9.17, 15) is 9.59 Å². The SMILES string of the molecule is O=C([C@@H](Cc1ccccc1)N1Cc2ccccc2C1=O)N1CC2(CCCO2)C1. The number of nitrogens with zero attached hydrogens (tertiary/aromatic N) is 2. The molecule has 0 aromatic heterocycles. The predicted molar refractivity (Wildman–Crippen MR) is 105 cm³/mol. The molecule has 0 unspecified atom stereocenters. The molecule has 0 N–H and O–H groups in total. The van der Waals surface area contributed by atoms with Crippen LogP contribution in [0.5, 0.6) is 0 Å². The van der Waals surface area contributed by atoms with Crippen LogP contribution >= 0.6 is 0 Å². The quantitative estimate of drug-likeness (QED) is 0.824. The van der Waals surface area contributed by atoms with E-state index < -0.39 is 6.04 Å². The number of ether oxygens (including phenoxy) is 1. The third-order valence-electron chi connectivity index (χ3n) is 6.24. The van der Waals surface area contributed by atoms with Crippen LogP contribution in [0, 0.1) is 0 Å². The standard InChI is InChI=1S/C23H24N2O3/c26-21-19-10-5-4-9-18(19)14-25(21)20(13-17-7-2-1-3-8-17)22(27)24-15-23(16-24)11-6-12-28-23/h1-5,7-10,20H,6,11-16H2/t20-/m1/s1. The molecule has 3 heterocycles. The van der Waals surface area contributed by atoms with E-state index >= 15 is 0 Å². The van der Waals surface area contributed by atoms with Gasteiger partial charge in [0.2, 0.25) is 5.91 Å². The van der Waals surface area contributed by atoms with E-state index in [1.165, 1.54) is 0 Å². The van der Waals surface area contributed by atoms with Crippen molar-refractivity contribution in [1.29, 1.82) is 0 Å². The third-order valence-corrected chi connectivity index (χ3v) is 6.24. The number of carbonyl (C=O) groups excluding carboxylic acids is 2. The van der Waals surface area contributed by atoms with Gasteiger partial charge in [-0.1, -0.05) is 48.5 Å². The molecule has 0 saturated carbocycles. The number of hydrogen-bond donors (Lipinski definition) is 0. The molecule has 5 nitrogen and oxygen atoms in total. The van der Waals surface area contributed by atoms with Crippen molar-refractivity contribution < 1.29 is 14.3 Å². The van der Waals surface area contributed by atoms with Crippen LogP contribution in [-0.4, -0.2) is 53.0 Å². The minimum absolute atomic E-state index is 0.0335. The van der Waals surface area contributed by atoms with Gasteiger partial charge in [0, 0.05) is 25.1 Å². The zero-order valence-electron chi connectivity index (χ0n) is 15.8. The highest BCUT2D eigenvalue weighted by molar-refractivity contribution is 6.01. The van der Waals surface area contributed by atoms with Crippen LogP contribution < -0.4 is 0 Å². The van der Waals surface area contributed by atoms with Crippen LogP contribution in [0.2, 0.25) is 0 Å². The Morgan fingerprint density at radius 2 is 1.82 bits per heavy atom. The zero-order chi connectivity index (χ0) is 19.1. The van der Waals surface area contributed by atoms with Crippen molar-refractivity contribution in [2.24, 2.45) is 0 Å². The topological polar surface area (TPSA) is 49.9 Å². The summed E-state index contributed by atoms with van der Waals surface area (Å²) < 4.78 is 5.88. The first-order valence-corrected chi connectivity index (χ1v) is 10.0. The lowest BCUT2D eigenvalue weighted by Crippen LogP contribution is -2.66. The molecule has 2 saturated heterocycles. The molecule has 144 valence electrons. The predicted octanol–water partition coefficient (Wildman–Crippen LogP) is 2.65. The second-order valence-corrected chi connectivity index (χ2v) is 8.13. The largest absolute Gasteiger partial charge is 0.371 e. The average molecular weight is 376 g/mol. The molecule has 2 aromatic rings. The highest BCUT2D eigenvalue weighted by Crippen LogP contribution is 2.36. The highest BCUT2D eigenvalue weighted by atomic mass is 16.5. The maximum Gasteiger partial charge on any atom is 0.255 e. The van der Waals surface area contributed by atoms with Crippen molar-refractivity contribution in [3.63, 3.8) is 0 Å². The van der Waals surface area contributed by atoms with Crippen molar-refractivity contribution in [1.82, 2.24) is 9.80 Å². The Bertz CT molecular complexity index is 897. The van der Waals surface area contributed by atoms with Gasteiger partial charge >= 0.3 is 0 Å². The Morgan fingerprint density at radius 3 is 2.54 bits per heavy atom. The minimum atomic E-state index is -0.485. The molecule has 3 aliphatic rings. The molecule has 0 aliphatic carbocycles. The maximum absolute atomic E-state index is 13.4. The zero-order valence-corrected chi connectivity index (χ0v) is 15.8. The van der Waals surface area contributed by atoms with Crippen molar-refractivity contribution in [2.45, 2.75) is 37.5 Å². The normalized spacial score (nSPS) is 20.9. The van der Waals surface area contributed by atoms with Crippen LogP contribution in [0.25, 0.3) is 0 Å². The van der Waals surface area contributed by atoms with Crippen LogP contribution in [0.4, 0.5) is 0 Å². The maximum atomic E-state index is 13.4. The van der Waals surface area contributed by atoms with Crippen LogP contribution in [0.3, 0.4) is 0 Å². The lowest BCUT2D eigenvalue weighted by Gasteiger charge is -2.48. The van der Waals surface area contributed by atoms with Gasteiger partial charge in [-0.15, -0.1) is 0 Å². The smallest absolute Gasteiger partial charge is 0.255 e. The lowest BCUT2D eigenvalue weighted by atomic mass is 9.89. The molecule has 28 heavy (non-hydrogen) atoms. The first-order valence-electron chi connectivity index (χ1n) is 10.0. The van der Waals surface area contributed by atoms with E-state index in [0.717, 1.165) is 30.6 Å². The second-order valence-electron chi connectivity index (χ2n) is 8.13. The summed E-state index contributed by atoms with van der Waals surface area (Å²) in [5.41, 5.74) is 2.65. The summed E-state index contributed by atoms with van der Waals surface area (Å²) in [4.78, 5) is 30.1. The van der Waals surface area contributed by atoms with E-state index in [2.05, 4.69) is 0 Å². The van der Waals surface area contributed by atoms with E-state index in [0.29, 0.717) is 31.6 Å². The van der Waals surface area contributed by atoms with E-state index in [4.69, 9.17) is 4.74 Å². The Labute approximate surface area is 164 Å². The van der Waals surface area contributed by atoms with Gasteiger partial charge in [0.05, 0.1) is 13.1 Å². The van der Waals surface area contributed by atoms with Crippen molar-refractivity contribution in [2.75, 3.05) is 19.7 Å². The number of rotatable bonds is 4. The number of benzene rings is 2. The molecule has 2 fully saturated rings. The van der Waals surface area contributed by atoms with E-state index in [1.54, 1.807) is 4.90 Å². The summed E-state index contributed by atoms with van der Waals surface area (Å²) in [5, 5.41) is 0. The highest BCUT2D eigenvalue weighted by Gasteiger charge is 2.50. The fourth-order valence-electron chi connectivity index (χ4n) is 4.72. The molecule has 2 aromatic carbocycles. The summed E-state index contributed by atoms with van der Waals surface area (Å²) in [7, 11) is 0. The number of carbonyl (C=O) groups is 2. The summed E-state index contributed by atoms with van der Waals surface area (Å²) >= 11 is 0. The average Bonchev–Trinajstić information content (AvgIpc) is 3.31. The molecular weight excluding hydrogens is 352 g/mol. The van der Waals surface area contributed by atoms with E-state index in [-0.39, 0.29) is 17.4 Å². The molecule has 2 amide bonds. The summed E-state index contributed by atoms with van der Waals surface area (Å²) in [6.07, 6.45) is 2.62. The summed E-state index contributed by atoms with van der Waals surface area (Å²) in [6, 6.07) is 17.1. The van der Waals surface area contributed by atoms with Crippen molar-refractivity contribution in [3.05, 3.63) is 71.3 Å². The third kappa shape index (κ3) is 2.90. The first-order chi connectivity index (χ1) is 13.7. The number of likely N-dealkylation sites (tertiary alicyclic amines) is 1. The van der Waals surface area contributed by atoms with Gasteiger partial charge in [0.1, 0.15) is 11.6 Å². The number of amides is 2. The molecule has 0 radical (unpaired) electrons. The van der Waals surface area contributed by atoms with Crippen molar-refractivity contribution in [3.8, 4) is 0 Å². The van der Waals surface area contributed by atoms with Gasteiger partial charge in [0.25, 0.3) is 5.91 Å². The van der Waals surface area contributed by atoms with Crippen LogP contribution in [-0.2, 0) is 22.5 Å². The number of fused-ring (bicyclic) bond motifs is 1. The molecular formula is C23H24N2O3. The molecule has 5 heteroatoms. The van der Waals surface area contributed by atoms with Gasteiger partial charge in [-0.25, -0.2) is 0 Å². The van der Waals surface area contributed by atoms with Gasteiger partial charge in [-0.2, -0.15) is 0 Å². The molecule has 5 rings (SSSR count). The molecule has 1 atom stereocenters. The Kier molecular flexibility index (Phi) is 4.20. The van der Waals surface area contributed by atoms with Gasteiger partial charge in [0.15, 0.2) is 0 Å². The summed E-state index contributed by atoms with van der Waals surface area (Å²) in [5.74, 6) is -0.0108. The minimum Gasteiger partial charge on any atom is -0.371 e. The molecule has 3 aliphatic heterocycles. The lowest BCUT2D eigenvalue weighted by molar-refractivity contribution is -0.162. The van der Waals surface area contributed by atoms with E-state index in [1.807, 2.05) is 59.5 Å². The molecule has 0 bridgehead atoms. The fourth-order valence-corrected chi connectivity index (χ4v) is 4.72. The van der Waals surface area contributed by atoms with Crippen LogP contribution in [0.15, 0.2) is 54.6 Å². The first kappa shape index (κ1) is 17.4. The van der Waals surface area contributed by atoms with Gasteiger partial charge in [-0.3, -0.25) is 9.59 Å². The Hall–Kier alpha value is -2.66. The van der Waals surface area contributed by atoms with Gasteiger partial charge in [-0.05, 0) is 30.0 Å². The Balaban J connectivity index is 1.39. The second kappa shape index (κ2) is 6.74. The Morgan fingerprint density at radius 1 is 1.07 bits per heavy atom. The van der Waals surface area contributed by atoms with Gasteiger partial charge < -0.3 is 14.5 Å². The monoisotopic (exact) mass is 376 g/mol. The number of hydrogen-bond acceptors (Lipinski definition) is 3. The van der Waals surface area contributed by atoms with Crippen molar-refractivity contribution >= 4 is 11.8 Å². The fraction of sp³-hybridized carbons (Fsp3) is 0.391. The summed E-state index contributed by atoms with van der Waals surface area (Å²) in [6.45, 7) is 2.57.